The molecule has 14 heavy (non-hydrogen) atoms. The Hall–Kier alpha value is -1.56. The third-order valence-electron chi connectivity index (χ3n) is 1.52. The van der Waals surface area contributed by atoms with Gasteiger partial charge in [0.1, 0.15) is 6.26 Å². The number of aromatic nitrogens is 1. The summed E-state index contributed by atoms with van der Waals surface area (Å²) in [4.78, 5) is 14.1. The number of methoxy groups -OCH3 is 1. The monoisotopic (exact) mass is 200 g/mol. The van der Waals surface area contributed by atoms with Crippen LogP contribution in [0.25, 0.3) is 0 Å². The third-order valence-corrected chi connectivity index (χ3v) is 1.52. The highest BCUT2D eigenvalue weighted by Crippen LogP contribution is 2.06. The highest BCUT2D eigenvalue weighted by atomic mass is 16.5. The number of carboxylic acids is 1. The molecule has 0 saturated carbocycles. The van der Waals surface area contributed by atoms with E-state index in [9.17, 15) is 4.79 Å². The van der Waals surface area contributed by atoms with Crippen LogP contribution in [0, 0.1) is 0 Å². The van der Waals surface area contributed by atoms with Gasteiger partial charge in [0.2, 0.25) is 0 Å². The van der Waals surface area contributed by atoms with Crippen molar-refractivity contribution >= 4 is 12.0 Å². The van der Waals surface area contributed by atoms with Crippen LogP contribution in [0.15, 0.2) is 10.7 Å². The lowest BCUT2D eigenvalue weighted by Crippen LogP contribution is -2.05. The molecule has 6 nitrogen and oxygen atoms in total. The summed E-state index contributed by atoms with van der Waals surface area (Å²) < 4.78 is 9.70. The molecule has 1 heterocycles. The van der Waals surface area contributed by atoms with Gasteiger partial charge >= 0.3 is 5.97 Å². The van der Waals surface area contributed by atoms with Gasteiger partial charge < -0.3 is 19.6 Å². The number of hydrogen-bond acceptors (Lipinski definition) is 5. The van der Waals surface area contributed by atoms with Gasteiger partial charge in [-0.2, -0.15) is 4.98 Å². The normalized spacial score (nSPS) is 10.1. The lowest BCUT2D eigenvalue weighted by molar-refractivity contribution is 0.0690. The molecule has 0 aliphatic carbocycles. The molecular formula is C8H12N2O4. The van der Waals surface area contributed by atoms with Crippen LogP contribution in [0.1, 0.15) is 16.9 Å². The first-order valence-electron chi connectivity index (χ1n) is 4.15. The van der Waals surface area contributed by atoms with E-state index in [0.717, 1.165) is 12.7 Å². The minimum absolute atomic E-state index is 0.0979. The zero-order chi connectivity index (χ0) is 10.4. The van der Waals surface area contributed by atoms with E-state index in [4.69, 9.17) is 14.3 Å². The largest absolute Gasteiger partial charge is 0.476 e. The molecule has 0 bridgehead atoms. The summed E-state index contributed by atoms with van der Waals surface area (Å²) in [6, 6.07) is 0.221. The van der Waals surface area contributed by atoms with Crippen LogP contribution in [0.2, 0.25) is 0 Å². The van der Waals surface area contributed by atoms with E-state index in [1.54, 1.807) is 7.11 Å². The average molecular weight is 200 g/mol. The van der Waals surface area contributed by atoms with Gasteiger partial charge in [-0.1, -0.05) is 0 Å². The Morgan fingerprint density at radius 1 is 1.79 bits per heavy atom. The summed E-state index contributed by atoms with van der Waals surface area (Å²) in [5.74, 6) is -1.10. The Labute approximate surface area is 80.9 Å². The van der Waals surface area contributed by atoms with Crippen LogP contribution in [0.4, 0.5) is 6.01 Å². The van der Waals surface area contributed by atoms with Crippen molar-refractivity contribution in [2.24, 2.45) is 0 Å². The summed E-state index contributed by atoms with van der Waals surface area (Å²) in [6.45, 7) is 1.27. The highest BCUT2D eigenvalue weighted by molar-refractivity contribution is 5.85. The van der Waals surface area contributed by atoms with E-state index in [2.05, 4.69) is 10.3 Å². The fourth-order valence-electron chi connectivity index (χ4n) is 0.865. The van der Waals surface area contributed by atoms with Crippen molar-refractivity contribution in [1.82, 2.24) is 4.98 Å². The molecule has 0 aliphatic rings. The van der Waals surface area contributed by atoms with Crippen molar-refractivity contribution in [3.63, 3.8) is 0 Å². The molecule has 0 amide bonds. The SMILES string of the molecule is COCCCNc1nc(C(=O)O)co1. The minimum atomic E-state index is -1.10. The lowest BCUT2D eigenvalue weighted by Gasteiger charge is -1.99. The Balaban J connectivity index is 2.33. The molecule has 0 radical (unpaired) electrons. The predicted molar refractivity (Wildman–Crippen MR) is 48.4 cm³/mol. The van der Waals surface area contributed by atoms with Gasteiger partial charge in [-0.3, -0.25) is 0 Å². The summed E-state index contributed by atoms with van der Waals surface area (Å²) in [5, 5.41) is 11.4. The van der Waals surface area contributed by atoms with E-state index >= 15 is 0 Å². The van der Waals surface area contributed by atoms with Crippen molar-refractivity contribution in [2.45, 2.75) is 6.42 Å². The smallest absolute Gasteiger partial charge is 0.357 e. The molecule has 0 atom stereocenters. The van der Waals surface area contributed by atoms with Gasteiger partial charge in [0.15, 0.2) is 5.69 Å². The molecule has 1 aromatic heterocycles. The third kappa shape index (κ3) is 3.06. The maximum absolute atomic E-state index is 10.4. The van der Waals surface area contributed by atoms with Crippen molar-refractivity contribution < 1.29 is 19.1 Å². The molecule has 0 saturated heterocycles. The average Bonchev–Trinajstić information content (AvgIpc) is 2.61. The van der Waals surface area contributed by atoms with Crippen LogP contribution in [-0.4, -0.2) is 36.3 Å². The van der Waals surface area contributed by atoms with E-state index in [-0.39, 0.29) is 11.7 Å². The number of rotatable bonds is 6. The van der Waals surface area contributed by atoms with Crippen molar-refractivity contribution in [1.29, 1.82) is 0 Å². The van der Waals surface area contributed by atoms with Gasteiger partial charge in [0, 0.05) is 20.3 Å². The van der Waals surface area contributed by atoms with Crippen LogP contribution in [-0.2, 0) is 4.74 Å². The number of nitrogens with zero attached hydrogens (tertiary/aromatic N) is 1. The zero-order valence-corrected chi connectivity index (χ0v) is 7.82. The van der Waals surface area contributed by atoms with Gasteiger partial charge in [0.05, 0.1) is 0 Å². The van der Waals surface area contributed by atoms with Crippen molar-refractivity contribution in [3.8, 4) is 0 Å². The second-order valence-electron chi connectivity index (χ2n) is 2.62. The first-order valence-corrected chi connectivity index (χ1v) is 4.15. The Morgan fingerprint density at radius 2 is 2.57 bits per heavy atom. The van der Waals surface area contributed by atoms with Gasteiger partial charge in [-0.05, 0) is 6.42 Å². The second kappa shape index (κ2) is 5.23. The number of oxazole rings is 1. The van der Waals surface area contributed by atoms with Crippen LogP contribution in [0.5, 0.6) is 0 Å². The number of carbonyl (C=O) groups is 1. The molecular weight excluding hydrogens is 188 g/mol. The summed E-state index contributed by atoms with van der Waals surface area (Å²) in [7, 11) is 1.62. The molecule has 2 N–H and O–H groups in total. The highest BCUT2D eigenvalue weighted by Gasteiger charge is 2.09. The molecule has 1 aromatic rings. The molecule has 0 spiro atoms. The molecule has 78 valence electrons. The molecule has 6 heteroatoms. The van der Waals surface area contributed by atoms with Crippen molar-refractivity contribution in [3.05, 3.63) is 12.0 Å². The zero-order valence-electron chi connectivity index (χ0n) is 7.82. The molecule has 0 unspecified atom stereocenters. The lowest BCUT2D eigenvalue weighted by atomic mass is 10.4. The fourth-order valence-corrected chi connectivity index (χ4v) is 0.865. The number of hydrogen-bond donors (Lipinski definition) is 2. The topological polar surface area (TPSA) is 84.6 Å². The fraction of sp³-hybridized carbons (Fsp3) is 0.500. The first kappa shape index (κ1) is 10.5. The van der Waals surface area contributed by atoms with E-state index < -0.39 is 5.97 Å². The van der Waals surface area contributed by atoms with Gasteiger partial charge in [-0.15, -0.1) is 0 Å². The van der Waals surface area contributed by atoms with Gasteiger partial charge in [-0.25, -0.2) is 4.79 Å². The maximum Gasteiger partial charge on any atom is 0.357 e. The number of anilines is 1. The maximum atomic E-state index is 10.4. The van der Waals surface area contributed by atoms with Crippen LogP contribution >= 0.6 is 0 Å². The quantitative estimate of drug-likeness (QED) is 0.661. The van der Waals surface area contributed by atoms with E-state index in [1.165, 1.54) is 0 Å². The second-order valence-corrected chi connectivity index (χ2v) is 2.62. The number of carboxylic acid groups (broad SMARTS) is 1. The molecule has 0 aromatic carbocycles. The predicted octanol–water partition coefficient (Wildman–Crippen LogP) is 0.821. The summed E-state index contributed by atoms with van der Waals surface area (Å²) in [6.07, 6.45) is 1.91. The van der Waals surface area contributed by atoms with Crippen LogP contribution < -0.4 is 5.32 Å². The standard InChI is InChI=1S/C8H12N2O4/c1-13-4-2-3-9-8-10-6(5-14-8)7(11)12/h5H,2-4H2,1H3,(H,9,10)(H,11,12). The Morgan fingerprint density at radius 3 is 3.14 bits per heavy atom. The van der Waals surface area contributed by atoms with E-state index in [1.807, 2.05) is 0 Å². The number of nitrogens with one attached hydrogen (secondary N) is 1. The molecule has 1 rings (SSSR count). The summed E-state index contributed by atoms with van der Waals surface area (Å²) >= 11 is 0. The Kier molecular flexibility index (Phi) is 3.93. The Bertz CT molecular complexity index is 297. The number of ether oxygens (including phenoxy) is 1. The van der Waals surface area contributed by atoms with Crippen LogP contribution in [0.3, 0.4) is 0 Å². The minimum Gasteiger partial charge on any atom is -0.476 e. The van der Waals surface area contributed by atoms with E-state index in [0.29, 0.717) is 13.2 Å². The first-order chi connectivity index (χ1) is 6.74. The van der Waals surface area contributed by atoms with Crippen molar-refractivity contribution in [2.75, 3.05) is 25.6 Å². The summed E-state index contributed by atoms with van der Waals surface area (Å²) in [5.41, 5.74) is -0.0979. The number of aromatic carboxylic acids is 1. The molecule has 0 aliphatic heterocycles. The van der Waals surface area contributed by atoms with Gasteiger partial charge in [0.25, 0.3) is 6.01 Å². The molecule has 0 fully saturated rings.